The lowest BCUT2D eigenvalue weighted by Gasteiger charge is -2.11. The van der Waals surface area contributed by atoms with Gasteiger partial charge in [0.05, 0.1) is 5.56 Å². The number of rotatable bonds is 6. The van der Waals surface area contributed by atoms with Gasteiger partial charge in [-0.2, -0.15) is 13.2 Å². The topological polar surface area (TPSA) is 38.3 Å². The van der Waals surface area contributed by atoms with Crippen LogP contribution in [-0.2, 0) is 17.5 Å². The lowest BCUT2D eigenvalue weighted by molar-refractivity contribution is -0.140. The number of halogens is 4. The van der Waals surface area contributed by atoms with Gasteiger partial charge in [0.15, 0.2) is 0 Å². The van der Waals surface area contributed by atoms with Crippen LogP contribution in [0.1, 0.15) is 23.1 Å². The molecule has 0 unspecified atom stereocenters. The molecule has 0 radical (unpaired) electrons. The van der Waals surface area contributed by atoms with Gasteiger partial charge in [-0.3, -0.25) is 0 Å². The second kappa shape index (κ2) is 9.03. The minimum absolute atomic E-state index is 0.126. The minimum Gasteiger partial charge on any atom is -0.445 e. The van der Waals surface area contributed by atoms with Crippen LogP contribution in [0.25, 0.3) is 6.08 Å². The molecule has 0 aromatic heterocycles. The van der Waals surface area contributed by atoms with Gasteiger partial charge in [0.1, 0.15) is 12.4 Å². The van der Waals surface area contributed by atoms with Gasteiger partial charge >= 0.3 is 12.3 Å². The molecule has 3 nitrogen and oxygen atoms in total. The normalized spacial score (nSPS) is 11.5. The molecule has 0 aliphatic rings. The summed E-state index contributed by atoms with van der Waals surface area (Å²) >= 11 is 0. The van der Waals surface area contributed by atoms with Gasteiger partial charge in [-0.15, -0.1) is 0 Å². The molecule has 0 saturated carbocycles. The number of benzene rings is 2. The molecule has 1 amide bonds. The van der Waals surface area contributed by atoms with E-state index in [4.69, 9.17) is 4.74 Å². The van der Waals surface area contributed by atoms with E-state index in [9.17, 15) is 22.4 Å². The fourth-order valence-electron chi connectivity index (χ4n) is 2.22. The molecule has 2 rings (SSSR count). The third kappa shape index (κ3) is 5.91. The summed E-state index contributed by atoms with van der Waals surface area (Å²) in [5, 5.41) is 2.49. The number of carbonyl (C=O) groups is 1. The third-order valence-electron chi connectivity index (χ3n) is 3.42. The summed E-state index contributed by atoms with van der Waals surface area (Å²) in [6.45, 7) is 0.307. The standard InChI is InChI=1S/C19H17F4NO2/c20-16-11-6-10-15(17(16)19(21,22)23)9-4-5-12-24-18(25)26-13-14-7-2-1-3-8-14/h1-4,6-11H,5,12-13H2,(H,24,25). The summed E-state index contributed by atoms with van der Waals surface area (Å²) in [7, 11) is 0. The highest BCUT2D eigenvalue weighted by Gasteiger charge is 2.35. The first kappa shape index (κ1) is 19.5. The van der Waals surface area contributed by atoms with E-state index in [0.29, 0.717) is 0 Å². The molecule has 0 spiro atoms. The Bertz CT molecular complexity index is 758. The Morgan fingerprint density at radius 3 is 2.50 bits per heavy atom. The van der Waals surface area contributed by atoms with E-state index in [1.807, 2.05) is 30.3 Å². The molecule has 0 saturated heterocycles. The van der Waals surface area contributed by atoms with Gasteiger partial charge in [-0.1, -0.05) is 54.6 Å². The van der Waals surface area contributed by atoms with E-state index in [2.05, 4.69) is 5.32 Å². The van der Waals surface area contributed by atoms with Crippen molar-refractivity contribution in [3.8, 4) is 0 Å². The fraction of sp³-hybridized carbons (Fsp3) is 0.211. The molecule has 2 aromatic rings. The quantitative estimate of drug-likeness (QED) is 0.565. The minimum atomic E-state index is -4.77. The Morgan fingerprint density at radius 2 is 1.81 bits per heavy atom. The Balaban J connectivity index is 1.79. The van der Waals surface area contributed by atoms with Crippen LogP contribution >= 0.6 is 0 Å². The van der Waals surface area contributed by atoms with E-state index in [1.54, 1.807) is 0 Å². The molecule has 1 N–H and O–H groups in total. The highest BCUT2D eigenvalue weighted by Crippen LogP contribution is 2.34. The number of hydrogen-bond acceptors (Lipinski definition) is 2. The van der Waals surface area contributed by atoms with Gasteiger partial charge < -0.3 is 10.1 Å². The van der Waals surface area contributed by atoms with Crippen LogP contribution in [0.15, 0.2) is 54.6 Å². The van der Waals surface area contributed by atoms with Crippen molar-refractivity contribution in [1.82, 2.24) is 5.32 Å². The zero-order chi connectivity index (χ0) is 19.0. The number of alkyl halides is 3. The first-order chi connectivity index (χ1) is 12.4. The van der Waals surface area contributed by atoms with E-state index >= 15 is 0 Å². The van der Waals surface area contributed by atoms with Crippen molar-refractivity contribution in [3.05, 3.63) is 77.1 Å². The molecule has 0 fully saturated rings. The van der Waals surface area contributed by atoms with Crippen LogP contribution in [0.2, 0.25) is 0 Å². The zero-order valence-electron chi connectivity index (χ0n) is 13.7. The van der Waals surface area contributed by atoms with Crippen LogP contribution in [0.3, 0.4) is 0 Å². The lowest BCUT2D eigenvalue weighted by atomic mass is 10.1. The average Bonchev–Trinajstić information content (AvgIpc) is 2.59. The van der Waals surface area contributed by atoms with Crippen LogP contribution < -0.4 is 5.32 Å². The number of nitrogens with one attached hydrogen (secondary N) is 1. The maximum atomic E-state index is 13.4. The highest BCUT2D eigenvalue weighted by molar-refractivity contribution is 5.67. The van der Waals surface area contributed by atoms with E-state index < -0.39 is 23.7 Å². The first-order valence-electron chi connectivity index (χ1n) is 7.84. The zero-order valence-corrected chi connectivity index (χ0v) is 13.7. The molecule has 2 aromatic carbocycles. The molecule has 7 heteroatoms. The average molecular weight is 367 g/mol. The van der Waals surface area contributed by atoms with Crippen LogP contribution in [-0.4, -0.2) is 12.6 Å². The van der Waals surface area contributed by atoms with Crippen molar-refractivity contribution in [2.45, 2.75) is 19.2 Å². The summed E-state index contributed by atoms with van der Waals surface area (Å²) in [5.74, 6) is -1.32. The molecule has 138 valence electrons. The van der Waals surface area contributed by atoms with E-state index in [-0.39, 0.29) is 25.1 Å². The van der Waals surface area contributed by atoms with Crippen LogP contribution in [0, 0.1) is 5.82 Å². The van der Waals surface area contributed by atoms with Crippen molar-refractivity contribution < 1.29 is 27.1 Å². The number of ether oxygens (including phenoxy) is 1. The molecule has 0 bridgehead atoms. The Kier molecular flexibility index (Phi) is 6.77. The van der Waals surface area contributed by atoms with Crippen molar-refractivity contribution in [1.29, 1.82) is 0 Å². The Labute approximate surface area is 148 Å². The number of hydrogen-bond donors (Lipinski definition) is 1. The van der Waals surface area contributed by atoms with Crippen LogP contribution in [0.4, 0.5) is 22.4 Å². The summed E-state index contributed by atoms with van der Waals surface area (Å²) in [6.07, 6.45) is -2.51. The third-order valence-corrected chi connectivity index (χ3v) is 3.42. The first-order valence-corrected chi connectivity index (χ1v) is 7.84. The summed E-state index contributed by atoms with van der Waals surface area (Å²) in [5.41, 5.74) is -0.719. The molecule has 26 heavy (non-hydrogen) atoms. The van der Waals surface area contributed by atoms with E-state index in [1.165, 1.54) is 24.3 Å². The summed E-state index contributed by atoms with van der Waals surface area (Å²) < 4.78 is 57.0. The van der Waals surface area contributed by atoms with E-state index in [0.717, 1.165) is 11.6 Å². The van der Waals surface area contributed by atoms with Crippen molar-refractivity contribution >= 4 is 12.2 Å². The second-order valence-corrected chi connectivity index (χ2v) is 5.38. The monoisotopic (exact) mass is 367 g/mol. The molecule has 0 heterocycles. The van der Waals surface area contributed by atoms with Gasteiger partial charge in [0.25, 0.3) is 0 Å². The fourth-order valence-corrected chi connectivity index (χ4v) is 2.22. The molecular formula is C19H17F4NO2. The summed E-state index contributed by atoms with van der Waals surface area (Å²) in [6, 6.07) is 12.3. The van der Waals surface area contributed by atoms with Gasteiger partial charge in [-0.05, 0) is 23.6 Å². The lowest BCUT2D eigenvalue weighted by Crippen LogP contribution is -2.24. The van der Waals surface area contributed by atoms with Crippen LogP contribution in [0.5, 0.6) is 0 Å². The Morgan fingerprint density at radius 1 is 1.08 bits per heavy atom. The highest BCUT2D eigenvalue weighted by atomic mass is 19.4. The van der Waals surface area contributed by atoms with Crippen molar-refractivity contribution in [3.63, 3.8) is 0 Å². The smallest absolute Gasteiger partial charge is 0.419 e. The second-order valence-electron chi connectivity index (χ2n) is 5.38. The maximum Gasteiger partial charge on any atom is 0.419 e. The van der Waals surface area contributed by atoms with Gasteiger partial charge in [0.2, 0.25) is 0 Å². The molecule has 0 aliphatic carbocycles. The molecular weight excluding hydrogens is 350 g/mol. The van der Waals surface area contributed by atoms with Gasteiger partial charge in [0, 0.05) is 6.54 Å². The molecule has 0 atom stereocenters. The SMILES string of the molecule is O=C(NCCC=Cc1cccc(F)c1C(F)(F)F)OCc1ccccc1. The summed E-state index contributed by atoms with van der Waals surface area (Å²) in [4.78, 5) is 11.5. The number of alkyl carbamates (subject to hydrolysis) is 1. The predicted octanol–water partition coefficient (Wildman–Crippen LogP) is 5.17. The van der Waals surface area contributed by atoms with Gasteiger partial charge in [-0.25, -0.2) is 9.18 Å². The van der Waals surface area contributed by atoms with Crippen molar-refractivity contribution in [2.24, 2.45) is 0 Å². The Hall–Kier alpha value is -2.83. The van der Waals surface area contributed by atoms with Crippen molar-refractivity contribution in [2.75, 3.05) is 6.54 Å². The number of carbonyl (C=O) groups excluding carboxylic acids is 1. The predicted molar refractivity (Wildman–Crippen MR) is 89.7 cm³/mol. The molecule has 0 aliphatic heterocycles. The number of amides is 1. The largest absolute Gasteiger partial charge is 0.445 e. The maximum absolute atomic E-state index is 13.4.